The zero-order valence-corrected chi connectivity index (χ0v) is 10.3. The molecule has 0 aliphatic heterocycles. The van der Waals surface area contributed by atoms with Gasteiger partial charge in [-0.05, 0) is 35.2 Å². The molecule has 3 aromatic rings. The number of aliphatic hydroxyl groups is 1. The van der Waals surface area contributed by atoms with Gasteiger partial charge in [0.1, 0.15) is 5.75 Å². The van der Waals surface area contributed by atoms with Gasteiger partial charge in [0.15, 0.2) is 0 Å². The monoisotopic (exact) mass is 251 g/mol. The Hall–Kier alpha value is -2.39. The van der Waals surface area contributed by atoms with E-state index < -0.39 is 0 Å². The summed E-state index contributed by atoms with van der Waals surface area (Å²) in [5, 5.41) is 11.2. The van der Waals surface area contributed by atoms with Gasteiger partial charge >= 0.3 is 0 Å². The zero-order chi connectivity index (χ0) is 13.1. The van der Waals surface area contributed by atoms with Crippen LogP contribution in [0.2, 0.25) is 0 Å². The highest BCUT2D eigenvalue weighted by atomic mass is 16.5. The number of hydrogen-bond acceptors (Lipinski definition) is 3. The first kappa shape index (κ1) is 11.7. The summed E-state index contributed by atoms with van der Waals surface area (Å²) in [5.74, 6) is 1.25. The predicted octanol–water partition coefficient (Wildman–Crippen LogP) is 3.52. The molecule has 0 amide bonds. The Balaban J connectivity index is 2.01. The summed E-state index contributed by atoms with van der Waals surface area (Å²) in [6, 6.07) is 17.3. The number of fused-ring (bicyclic) bond motifs is 1. The molecule has 0 bridgehead atoms. The van der Waals surface area contributed by atoms with E-state index in [4.69, 9.17) is 9.84 Å². The van der Waals surface area contributed by atoms with E-state index in [1.54, 1.807) is 6.20 Å². The van der Waals surface area contributed by atoms with Gasteiger partial charge in [-0.2, -0.15) is 0 Å². The summed E-state index contributed by atoms with van der Waals surface area (Å²) in [7, 11) is 0. The zero-order valence-electron chi connectivity index (χ0n) is 10.3. The number of aromatic nitrogens is 1. The molecule has 0 saturated heterocycles. The fourth-order valence-corrected chi connectivity index (χ4v) is 1.99. The highest BCUT2D eigenvalue weighted by molar-refractivity contribution is 5.86. The van der Waals surface area contributed by atoms with E-state index in [-0.39, 0.29) is 6.61 Å². The third-order valence-corrected chi connectivity index (χ3v) is 2.93. The Morgan fingerprint density at radius 2 is 1.89 bits per heavy atom. The van der Waals surface area contributed by atoms with Crippen LogP contribution in [0.25, 0.3) is 10.8 Å². The Labute approximate surface area is 111 Å². The minimum atomic E-state index is 0.000165. The Kier molecular flexibility index (Phi) is 3.12. The van der Waals surface area contributed by atoms with E-state index in [1.807, 2.05) is 54.6 Å². The minimum absolute atomic E-state index is 0.000165. The van der Waals surface area contributed by atoms with Crippen LogP contribution in [-0.4, -0.2) is 10.1 Å². The van der Waals surface area contributed by atoms with Crippen LogP contribution in [0.5, 0.6) is 11.6 Å². The molecule has 0 saturated carbocycles. The van der Waals surface area contributed by atoms with E-state index in [0.717, 1.165) is 16.3 Å². The molecule has 0 fully saturated rings. The Bertz CT molecular complexity index is 704. The lowest BCUT2D eigenvalue weighted by molar-refractivity contribution is 0.281. The van der Waals surface area contributed by atoms with Gasteiger partial charge in [0, 0.05) is 11.6 Å². The second kappa shape index (κ2) is 5.08. The van der Waals surface area contributed by atoms with Crippen molar-refractivity contribution < 1.29 is 9.84 Å². The van der Waals surface area contributed by atoms with Crippen molar-refractivity contribution in [1.29, 1.82) is 0 Å². The maximum Gasteiger partial charge on any atom is 0.227 e. The molecular weight excluding hydrogens is 238 g/mol. The first-order valence-corrected chi connectivity index (χ1v) is 6.08. The number of pyridine rings is 1. The molecular formula is C16H13NO2. The average Bonchev–Trinajstić information content (AvgIpc) is 2.48. The van der Waals surface area contributed by atoms with Gasteiger partial charge in [0.05, 0.1) is 6.61 Å². The van der Waals surface area contributed by atoms with Crippen molar-refractivity contribution in [3.8, 4) is 11.6 Å². The van der Waals surface area contributed by atoms with E-state index in [2.05, 4.69) is 4.98 Å². The Morgan fingerprint density at radius 3 is 2.79 bits per heavy atom. The SMILES string of the molecule is OCc1cccc(Oc2nccc3ccccc23)c1. The second-order valence-corrected chi connectivity index (χ2v) is 4.24. The largest absolute Gasteiger partial charge is 0.438 e. The van der Waals surface area contributed by atoms with Crippen LogP contribution in [-0.2, 0) is 6.61 Å². The lowest BCUT2D eigenvalue weighted by Gasteiger charge is -2.08. The molecule has 1 heterocycles. The molecule has 94 valence electrons. The van der Waals surface area contributed by atoms with Crippen molar-refractivity contribution in [2.75, 3.05) is 0 Å². The molecule has 0 unspecified atom stereocenters. The summed E-state index contributed by atoms with van der Waals surface area (Å²) < 4.78 is 5.81. The Morgan fingerprint density at radius 1 is 1.00 bits per heavy atom. The molecule has 0 aliphatic carbocycles. The first-order valence-electron chi connectivity index (χ1n) is 6.08. The number of benzene rings is 2. The van der Waals surface area contributed by atoms with Gasteiger partial charge in [-0.1, -0.05) is 30.3 Å². The molecule has 1 N–H and O–H groups in total. The van der Waals surface area contributed by atoms with Crippen LogP contribution in [0, 0.1) is 0 Å². The van der Waals surface area contributed by atoms with E-state index in [9.17, 15) is 0 Å². The van der Waals surface area contributed by atoms with Gasteiger partial charge < -0.3 is 9.84 Å². The maximum atomic E-state index is 9.13. The molecule has 3 rings (SSSR count). The molecule has 3 heteroatoms. The van der Waals surface area contributed by atoms with Crippen molar-refractivity contribution in [2.24, 2.45) is 0 Å². The molecule has 2 aromatic carbocycles. The molecule has 19 heavy (non-hydrogen) atoms. The number of nitrogens with zero attached hydrogens (tertiary/aromatic N) is 1. The summed E-state index contributed by atoms with van der Waals surface area (Å²) in [6.07, 6.45) is 1.73. The third-order valence-electron chi connectivity index (χ3n) is 2.93. The van der Waals surface area contributed by atoms with Crippen LogP contribution in [0.3, 0.4) is 0 Å². The highest BCUT2D eigenvalue weighted by Crippen LogP contribution is 2.27. The van der Waals surface area contributed by atoms with Crippen LogP contribution in [0.15, 0.2) is 60.8 Å². The number of ether oxygens (including phenoxy) is 1. The van der Waals surface area contributed by atoms with Crippen LogP contribution in [0.1, 0.15) is 5.56 Å². The summed E-state index contributed by atoms with van der Waals surface area (Å²) in [6.45, 7) is 0.000165. The lowest BCUT2D eigenvalue weighted by atomic mass is 10.2. The quantitative estimate of drug-likeness (QED) is 0.774. The van der Waals surface area contributed by atoms with Crippen molar-refractivity contribution >= 4 is 10.8 Å². The first-order chi connectivity index (χ1) is 9.36. The van der Waals surface area contributed by atoms with Gasteiger partial charge in [-0.3, -0.25) is 0 Å². The van der Waals surface area contributed by atoms with Gasteiger partial charge in [0.25, 0.3) is 0 Å². The van der Waals surface area contributed by atoms with E-state index in [1.165, 1.54) is 0 Å². The van der Waals surface area contributed by atoms with Crippen LogP contribution < -0.4 is 4.74 Å². The van der Waals surface area contributed by atoms with Gasteiger partial charge in [-0.25, -0.2) is 4.98 Å². The molecule has 1 aromatic heterocycles. The van der Waals surface area contributed by atoms with Gasteiger partial charge in [0.2, 0.25) is 5.88 Å². The highest BCUT2D eigenvalue weighted by Gasteiger charge is 2.04. The third kappa shape index (κ3) is 2.41. The maximum absolute atomic E-state index is 9.13. The van der Waals surface area contributed by atoms with Gasteiger partial charge in [-0.15, -0.1) is 0 Å². The van der Waals surface area contributed by atoms with Crippen LogP contribution in [0.4, 0.5) is 0 Å². The number of hydrogen-bond donors (Lipinski definition) is 1. The molecule has 0 spiro atoms. The molecule has 3 nitrogen and oxygen atoms in total. The van der Waals surface area contributed by atoms with Crippen LogP contribution >= 0.6 is 0 Å². The van der Waals surface area contributed by atoms with E-state index >= 15 is 0 Å². The predicted molar refractivity (Wildman–Crippen MR) is 74.2 cm³/mol. The van der Waals surface area contributed by atoms with Crippen molar-refractivity contribution in [3.05, 3.63) is 66.4 Å². The van der Waals surface area contributed by atoms with E-state index in [0.29, 0.717) is 11.6 Å². The average molecular weight is 251 g/mol. The molecule has 0 atom stereocenters. The normalized spacial score (nSPS) is 10.6. The van der Waals surface area contributed by atoms with Crippen molar-refractivity contribution in [2.45, 2.75) is 6.61 Å². The summed E-state index contributed by atoms with van der Waals surface area (Å²) in [5.41, 5.74) is 0.817. The minimum Gasteiger partial charge on any atom is -0.438 e. The summed E-state index contributed by atoms with van der Waals surface area (Å²) in [4.78, 5) is 4.27. The standard InChI is InChI=1S/C16H13NO2/c18-11-12-4-3-6-14(10-12)19-16-15-7-2-1-5-13(15)8-9-17-16/h1-10,18H,11H2. The smallest absolute Gasteiger partial charge is 0.227 e. The van der Waals surface area contributed by atoms with Crippen molar-refractivity contribution in [1.82, 2.24) is 4.98 Å². The molecule has 0 radical (unpaired) electrons. The van der Waals surface area contributed by atoms with Crippen molar-refractivity contribution in [3.63, 3.8) is 0 Å². The fourth-order valence-electron chi connectivity index (χ4n) is 1.99. The number of rotatable bonds is 3. The summed E-state index contributed by atoms with van der Waals surface area (Å²) >= 11 is 0. The fraction of sp³-hybridized carbons (Fsp3) is 0.0625. The number of aliphatic hydroxyl groups excluding tert-OH is 1. The topological polar surface area (TPSA) is 42.4 Å². The molecule has 0 aliphatic rings. The lowest BCUT2D eigenvalue weighted by Crippen LogP contribution is -1.90. The second-order valence-electron chi connectivity index (χ2n) is 4.24.